The van der Waals surface area contributed by atoms with Crippen molar-refractivity contribution in [2.75, 3.05) is 24.8 Å². The van der Waals surface area contributed by atoms with Crippen molar-refractivity contribution >= 4 is 34.8 Å². The molecule has 0 aliphatic carbocycles. The smallest absolute Gasteiger partial charge is 0.262 e. The molecule has 2 aromatic carbocycles. The van der Waals surface area contributed by atoms with E-state index in [1.165, 1.54) is 31.4 Å². The molecule has 0 bridgehead atoms. The number of benzene rings is 2. The maximum Gasteiger partial charge on any atom is 0.262 e. The Labute approximate surface area is 147 Å². The van der Waals surface area contributed by atoms with Gasteiger partial charge >= 0.3 is 0 Å². The number of nitrogens with two attached hydrogens (primary N) is 2. The number of ether oxygens (including phenoxy) is 2. The average molecular weight is 368 g/mol. The summed E-state index contributed by atoms with van der Waals surface area (Å²) in [5.41, 5.74) is 11.4. The van der Waals surface area contributed by atoms with Crippen LogP contribution in [0.3, 0.4) is 0 Å². The number of hydrogen-bond donors (Lipinski definition) is 3. The van der Waals surface area contributed by atoms with Crippen LogP contribution < -0.4 is 26.3 Å². The maximum absolute atomic E-state index is 13.1. The molecule has 2 amide bonds. The van der Waals surface area contributed by atoms with E-state index < -0.39 is 24.2 Å². The van der Waals surface area contributed by atoms with E-state index in [1.54, 1.807) is 0 Å². The zero-order valence-corrected chi connectivity index (χ0v) is 13.9. The fourth-order valence-electron chi connectivity index (χ4n) is 1.98. The first-order valence-electron chi connectivity index (χ1n) is 6.97. The Kier molecular flexibility index (Phi) is 5.66. The third-order valence-electron chi connectivity index (χ3n) is 3.16. The van der Waals surface area contributed by atoms with E-state index in [0.717, 1.165) is 6.07 Å². The van der Waals surface area contributed by atoms with Crippen molar-refractivity contribution in [1.82, 2.24) is 0 Å². The number of hydrogen-bond acceptors (Lipinski definition) is 5. The number of primary amides is 1. The molecule has 0 aromatic heterocycles. The summed E-state index contributed by atoms with van der Waals surface area (Å²) in [6.07, 6.45) is 0. The normalized spacial score (nSPS) is 10.2. The Morgan fingerprint density at radius 1 is 1.24 bits per heavy atom. The summed E-state index contributed by atoms with van der Waals surface area (Å²) in [5, 5.41) is 2.37. The van der Waals surface area contributed by atoms with Crippen molar-refractivity contribution in [2.24, 2.45) is 5.73 Å². The van der Waals surface area contributed by atoms with Crippen molar-refractivity contribution in [1.29, 1.82) is 0 Å². The molecule has 132 valence electrons. The fourth-order valence-corrected chi connectivity index (χ4v) is 2.16. The summed E-state index contributed by atoms with van der Waals surface area (Å²) >= 11 is 5.64. The molecular formula is C16H15ClFN3O4. The molecule has 0 aliphatic heterocycles. The van der Waals surface area contributed by atoms with Gasteiger partial charge in [0.15, 0.2) is 18.1 Å². The first-order valence-corrected chi connectivity index (χ1v) is 7.34. The van der Waals surface area contributed by atoms with Crippen LogP contribution in [0.2, 0.25) is 5.02 Å². The van der Waals surface area contributed by atoms with Gasteiger partial charge in [-0.05, 0) is 24.3 Å². The number of anilines is 2. The lowest BCUT2D eigenvalue weighted by Crippen LogP contribution is -2.21. The predicted octanol–water partition coefficient (Wildman–Crippen LogP) is 2.19. The highest BCUT2D eigenvalue weighted by Crippen LogP contribution is 2.32. The third kappa shape index (κ3) is 4.51. The van der Waals surface area contributed by atoms with Gasteiger partial charge in [0.2, 0.25) is 0 Å². The van der Waals surface area contributed by atoms with E-state index in [4.69, 9.17) is 32.5 Å². The van der Waals surface area contributed by atoms with Crippen LogP contribution in [0.5, 0.6) is 11.5 Å². The molecule has 0 fully saturated rings. The van der Waals surface area contributed by atoms with Gasteiger partial charge in [-0.25, -0.2) is 4.39 Å². The van der Waals surface area contributed by atoms with Crippen molar-refractivity contribution in [3.8, 4) is 11.5 Å². The van der Waals surface area contributed by atoms with E-state index in [9.17, 15) is 14.0 Å². The molecule has 0 saturated heterocycles. The number of halogens is 2. The van der Waals surface area contributed by atoms with Crippen LogP contribution in [0, 0.1) is 5.82 Å². The lowest BCUT2D eigenvalue weighted by molar-refractivity contribution is -0.118. The van der Waals surface area contributed by atoms with Crippen molar-refractivity contribution in [3.63, 3.8) is 0 Å². The van der Waals surface area contributed by atoms with Gasteiger partial charge < -0.3 is 26.3 Å². The minimum atomic E-state index is -0.740. The van der Waals surface area contributed by atoms with E-state index in [-0.39, 0.29) is 27.8 Å². The Morgan fingerprint density at radius 3 is 2.56 bits per heavy atom. The van der Waals surface area contributed by atoms with Crippen LogP contribution in [-0.4, -0.2) is 25.5 Å². The Morgan fingerprint density at radius 2 is 1.96 bits per heavy atom. The lowest BCUT2D eigenvalue weighted by atomic mass is 10.1. The summed E-state index contributed by atoms with van der Waals surface area (Å²) in [4.78, 5) is 23.3. The highest BCUT2D eigenvalue weighted by molar-refractivity contribution is 6.31. The average Bonchev–Trinajstić information content (AvgIpc) is 2.56. The van der Waals surface area contributed by atoms with E-state index in [2.05, 4.69) is 5.32 Å². The van der Waals surface area contributed by atoms with Crippen LogP contribution in [0.25, 0.3) is 0 Å². The molecule has 0 spiro atoms. The SMILES string of the molecule is COc1cc(N)c(C(N)=O)cc1OCC(=O)Nc1ccc(F)c(Cl)c1. The maximum atomic E-state index is 13.1. The topological polar surface area (TPSA) is 117 Å². The quantitative estimate of drug-likeness (QED) is 0.676. The summed E-state index contributed by atoms with van der Waals surface area (Å²) in [6, 6.07) is 6.41. The molecule has 7 nitrogen and oxygen atoms in total. The number of carbonyl (C=O) groups is 2. The standard InChI is InChI=1S/C16H15ClFN3O4/c1-24-13-6-12(19)9(16(20)23)5-14(13)25-7-15(22)21-8-2-3-11(18)10(17)4-8/h2-6H,7,19H2,1H3,(H2,20,23)(H,21,22). The van der Waals surface area contributed by atoms with Gasteiger partial charge in [-0.2, -0.15) is 0 Å². The summed E-state index contributed by atoms with van der Waals surface area (Å²) in [7, 11) is 1.38. The molecule has 2 aromatic rings. The second-order valence-electron chi connectivity index (χ2n) is 4.92. The van der Waals surface area contributed by atoms with Gasteiger partial charge in [0, 0.05) is 17.4 Å². The van der Waals surface area contributed by atoms with E-state index in [0.29, 0.717) is 5.69 Å². The van der Waals surface area contributed by atoms with Gasteiger partial charge in [-0.1, -0.05) is 11.6 Å². The molecule has 2 rings (SSSR count). The number of carbonyl (C=O) groups excluding carboxylic acids is 2. The van der Waals surface area contributed by atoms with Gasteiger partial charge in [0.25, 0.3) is 11.8 Å². The molecule has 0 heterocycles. The highest BCUT2D eigenvalue weighted by Gasteiger charge is 2.15. The largest absolute Gasteiger partial charge is 0.493 e. The number of rotatable bonds is 6. The van der Waals surface area contributed by atoms with Crippen molar-refractivity contribution in [2.45, 2.75) is 0 Å². The third-order valence-corrected chi connectivity index (χ3v) is 3.45. The zero-order valence-electron chi connectivity index (χ0n) is 13.1. The summed E-state index contributed by atoms with van der Waals surface area (Å²) < 4.78 is 23.5. The summed E-state index contributed by atoms with van der Waals surface area (Å²) in [5.74, 6) is -1.50. The molecule has 0 radical (unpaired) electrons. The second kappa shape index (κ2) is 7.71. The van der Waals surface area contributed by atoms with Crippen LogP contribution in [0.15, 0.2) is 30.3 Å². The monoisotopic (exact) mass is 367 g/mol. The predicted molar refractivity (Wildman–Crippen MR) is 91.5 cm³/mol. The Hall–Kier alpha value is -3.00. The minimum absolute atomic E-state index is 0.0431. The minimum Gasteiger partial charge on any atom is -0.493 e. The van der Waals surface area contributed by atoms with Gasteiger partial charge in [-0.3, -0.25) is 9.59 Å². The number of nitrogens with one attached hydrogen (secondary N) is 1. The molecule has 0 unspecified atom stereocenters. The molecule has 5 N–H and O–H groups in total. The van der Waals surface area contributed by atoms with Crippen LogP contribution in [0.1, 0.15) is 10.4 Å². The summed E-state index contributed by atoms with van der Waals surface area (Å²) in [6.45, 7) is -0.395. The Balaban J connectivity index is 2.09. The van der Waals surface area contributed by atoms with Crippen LogP contribution in [0.4, 0.5) is 15.8 Å². The zero-order chi connectivity index (χ0) is 18.6. The highest BCUT2D eigenvalue weighted by atomic mass is 35.5. The van der Waals surface area contributed by atoms with Crippen LogP contribution in [-0.2, 0) is 4.79 Å². The number of nitrogen functional groups attached to an aromatic ring is 1. The molecule has 25 heavy (non-hydrogen) atoms. The first kappa shape index (κ1) is 18.3. The molecule has 0 saturated carbocycles. The first-order chi connectivity index (χ1) is 11.8. The fraction of sp³-hybridized carbons (Fsp3) is 0.125. The second-order valence-corrected chi connectivity index (χ2v) is 5.33. The number of methoxy groups -OCH3 is 1. The molecular weight excluding hydrogens is 353 g/mol. The Bertz CT molecular complexity index is 829. The molecule has 0 atom stereocenters. The van der Waals surface area contributed by atoms with Crippen molar-refractivity contribution < 1.29 is 23.5 Å². The van der Waals surface area contributed by atoms with Crippen LogP contribution >= 0.6 is 11.6 Å². The van der Waals surface area contributed by atoms with Gasteiger partial charge in [-0.15, -0.1) is 0 Å². The molecule has 9 heteroatoms. The molecule has 0 aliphatic rings. The van der Waals surface area contributed by atoms with E-state index in [1.807, 2.05) is 0 Å². The van der Waals surface area contributed by atoms with E-state index >= 15 is 0 Å². The van der Waals surface area contributed by atoms with Gasteiger partial charge in [0.1, 0.15) is 5.82 Å². The van der Waals surface area contributed by atoms with Crippen molar-refractivity contribution in [3.05, 3.63) is 46.7 Å². The lowest BCUT2D eigenvalue weighted by Gasteiger charge is -2.13. The van der Waals surface area contributed by atoms with Gasteiger partial charge in [0.05, 0.1) is 17.7 Å². The number of amides is 2.